The fourth-order valence-electron chi connectivity index (χ4n) is 2.42. The number of aromatic nitrogens is 2. The second-order valence-electron chi connectivity index (χ2n) is 5.06. The molecule has 1 aromatic heterocycles. The summed E-state index contributed by atoms with van der Waals surface area (Å²) in [6.45, 7) is 0.582. The van der Waals surface area contributed by atoms with Gasteiger partial charge in [-0.05, 0) is 16.8 Å². The summed E-state index contributed by atoms with van der Waals surface area (Å²) in [7, 11) is 1.94. The molecule has 0 fully saturated rings. The number of carbonyl (C=O) groups excluding carboxylic acids is 1. The van der Waals surface area contributed by atoms with Gasteiger partial charge in [0, 0.05) is 31.8 Å². The molecule has 0 spiro atoms. The minimum absolute atomic E-state index is 0.0391. The molecule has 0 aliphatic rings. The van der Waals surface area contributed by atoms with Gasteiger partial charge < -0.3 is 9.88 Å². The molecule has 0 atom stereocenters. The number of hydrogen-bond donors (Lipinski definition) is 1. The van der Waals surface area contributed by atoms with Crippen molar-refractivity contribution in [3.05, 3.63) is 66.2 Å². The predicted octanol–water partition coefficient (Wildman–Crippen LogP) is 2.55. The van der Waals surface area contributed by atoms with E-state index in [0.29, 0.717) is 12.1 Å². The van der Waals surface area contributed by atoms with E-state index in [-0.39, 0.29) is 5.91 Å². The topological polar surface area (TPSA) is 46.9 Å². The van der Waals surface area contributed by atoms with Gasteiger partial charge in [0.1, 0.15) is 0 Å². The molecule has 3 aromatic rings. The summed E-state index contributed by atoms with van der Waals surface area (Å²) in [6, 6.07) is 13.7. The second-order valence-corrected chi connectivity index (χ2v) is 5.06. The van der Waals surface area contributed by atoms with E-state index >= 15 is 0 Å². The summed E-state index contributed by atoms with van der Waals surface area (Å²) >= 11 is 0. The summed E-state index contributed by atoms with van der Waals surface area (Å²) in [6.07, 6.45) is 4.46. The third kappa shape index (κ3) is 2.94. The fraction of sp³-hybridized carbons (Fsp3) is 0.176. The highest BCUT2D eigenvalue weighted by atomic mass is 16.1. The molecule has 106 valence electrons. The second kappa shape index (κ2) is 5.79. The number of benzene rings is 2. The maximum atomic E-state index is 12.3. The molecular formula is C17H17N3O. The van der Waals surface area contributed by atoms with Crippen molar-refractivity contribution in [2.75, 3.05) is 6.54 Å². The molecular weight excluding hydrogens is 262 g/mol. The highest BCUT2D eigenvalue weighted by Gasteiger charge is 2.09. The van der Waals surface area contributed by atoms with Crippen LogP contribution < -0.4 is 5.32 Å². The molecule has 0 radical (unpaired) electrons. The molecule has 0 aliphatic carbocycles. The predicted molar refractivity (Wildman–Crippen MR) is 83.2 cm³/mol. The average Bonchev–Trinajstić information content (AvgIpc) is 2.92. The van der Waals surface area contributed by atoms with E-state index in [1.807, 2.05) is 60.3 Å². The van der Waals surface area contributed by atoms with Crippen molar-refractivity contribution < 1.29 is 4.79 Å². The Kier molecular flexibility index (Phi) is 3.69. The number of amides is 1. The van der Waals surface area contributed by atoms with Gasteiger partial charge in [0.15, 0.2) is 0 Å². The van der Waals surface area contributed by atoms with Gasteiger partial charge in [0.2, 0.25) is 0 Å². The zero-order valence-electron chi connectivity index (χ0n) is 11.9. The standard InChI is InChI=1S/C17H17N3O/c1-20-11-14(19-12-20)9-10-18-17(21)16-8-4-6-13-5-2-3-7-15(13)16/h2-8,11-12H,9-10H2,1H3,(H,18,21). The van der Waals surface area contributed by atoms with Crippen LogP contribution in [0, 0.1) is 0 Å². The number of rotatable bonds is 4. The molecule has 0 saturated carbocycles. The Balaban J connectivity index is 1.69. The normalized spacial score (nSPS) is 10.7. The lowest BCUT2D eigenvalue weighted by Crippen LogP contribution is -2.25. The summed E-state index contributed by atoms with van der Waals surface area (Å²) in [5.74, 6) is -0.0391. The van der Waals surface area contributed by atoms with Crippen LogP contribution in [0.15, 0.2) is 55.0 Å². The van der Waals surface area contributed by atoms with Crippen molar-refractivity contribution in [3.63, 3.8) is 0 Å². The molecule has 0 aliphatic heterocycles. The maximum Gasteiger partial charge on any atom is 0.251 e. The lowest BCUT2D eigenvalue weighted by molar-refractivity contribution is 0.0955. The van der Waals surface area contributed by atoms with E-state index < -0.39 is 0 Å². The van der Waals surface area contributed by atoms with E-state index in [1.165, 1.54) is 0 Å². The lowest BCUT2D eigenvalue weighted by atomic mass is 10.0. The first kappa shape index (κ1) is 13.4. The molecule has 2 aromatic carbocycles. The van der Waals surface area contributed by atoms with Crippen molar-refractivity contribution in [2.45, 2.75) is 6.42 Å². The monoisotopic (exact) mass is 279 g/mol. The average molecular weight is 279 g/mol. The van der Waals surface area contributed by atoms with Crippen LogP contribution in [0.3, 0.4) is 0 Å². The van der Waals surface area contributed by atoms with Crippen LogP contribution >= 0.6 is 0 Å². The third-order valence-electron chi connectivity index (χ3n) is 3.46. The molecule has 3 rings (SSSR count). The Labute approximate surface area is 123 Å². The van der Waals surface area contributed by atoms with Gasteiger partial charge in [-0.3, -0.25) is 4.79 Å². The van der Waals surface area contributed by atoms with Crippen LogP contribution in [0.4, 0.5) is 0 Å². The van der Waals surface area contributed by atoms with Gasteiger partial charge in [0.25, 0.3) is 5.91 Å². The summed E-state index contributed by atoms with van der Waals surface area (Å²) < 4.78 is 1.90. The fourth-order valence-corrected chi connectivity index (χ4v) is 2.42. The molecule has 4 nitrogen and oxygen atoms in total. The highest BCUT2D eigenvalue weighted by molar-refractivity contribution is 6.06. The minimum Gasteiger partial charge on any atom is -0.352 e. The number of aryl methyl sites for hydroxylation is 1. The van der Waals surface area contributed by atoms with Crippen LogP contribution in [0.5, 0.6) is 0 Å². The molecule has 21 heavy (non-hydrogen) atoms. The summed E-state index contributed by atoms with van der Waals surface area (Å²) in [5, 5.41) is 5.02. The van der Waals surface area contributed by atoms with Crippen LogP contribution in [0.2, 0.25) is 0 Å². The van der Waals surface area contributed by atoms with Crippen LogP contribution in [0.25, 0.3) is 10.8 Å². The van der Waals surface area contributed by atoms with Crippen molar-refractivity contribution in [2.24, 2.45) is 7.05 Å². The van der Waals surface area contributed by atoms with Gasteiger partial charge in [-0.25, -0.2) is 4.98 Å². The number of carbonyl (C=O) groups is 1. The first-order valence-electron chi connectivity index (χ1n) is 6.97. The molecule has 1 amide bonds. The SMILES string of the molecule is Cn1cnc(CCNC(=O)c2cccc3ccccc23)c1. The Bertz CT molecular complexity index is 771. The van der Waals surface area contributed by atoms with E-state index in [4.69, 9.17) is 0 Å². The molecule has 1 heterocycles. The number of hydrogen-bond acceptors (Lipinski definition) is 2. The van der Waals surface area contributed by atoms with E-state index in [2.05, 4.69) is 10.3 Å². The number of nitrogens with zero attached hydrogens (tertiary/aromatic N) is 2. The van der Waals surface area contributed by atoms with Gasteiger partial charge in [0.05, 0.1) is 12.0 Å². The van der Waals surface area contributed by atoms with Crippen molar-refractivity contribution >= 4 is 16.7 Å². The molecule has 0 saturated heterocycles. The largest absolute Gasteiger partial charge is 0.352 e. The van der Waals surface area contributed by atoms with Crippen molar-refractivity contribution in [1.29, 1.82) is 0 Å². The Hall–Kier alpha value is -2.62. The van der Waals surface area contributed by atoms with Crippen molar-refractivity contribution in [1.82, 2.24) is 14.9 Å². The zero-order chi connectivity index (χ0) is 14.7. The first-order valence-corrected chi connectivity index (χ1v) is 6.97. The molecule has 1 N–H and O–H groups in total. The van der Waals surface area contributed by atoms with Gasteiger partial charge in [-0.15, -0.1) is 0 Å². The zero-order valence-corrected chi connectivity index (χ0v) is 11.9. The van der Waals surface area contributed by atoms with Crippen LogP contribution in [-0.4, -0.2) is 22.0 Å². The highest BCUT2D eigenvalue weighted by Crippen LogP contribution is 2.18. The van der Waals surface area contributed by atoms with E-state index in [1.54, 1.807) is 6.33 Å². The Morgan fingerprint density at radius 2 is 2.00 bits per heavy atom. The van der Waals surface area contributed by atoms with E-state index in [0.717, 1.165) is 22.9 Å². The van der Waals surface area contributed by atoms with Crippen LogP contribution in [-0.2, 0) is 13.5 Å². The van der Waals surface area contributed by atoms with Crippen molar-refractivity contribution in [3.8, 4) is 0 Å². The quantitative estimate of drug-likeness (QED) is 0.798. The third-order valence-corrected chi connectivity index (χ3v) is 3.46. The van der Waals surface area contributed by atoms with Gasteiger partial charge in [-0.2, -0.15) is 0 Å². The Morgan fingerprint density at radius 1 is 1.19 bits per heavy atom. The van der Waals surface area contributed by atoms with Gasteiger partial charge in [-0.1, -0.05) is 36.4 Å². The maximum absolute atomic E-state index is 12.3. The smallest absolute Gasteiger partial charge is 0.251 e. The van der Waals surface area contributed by atoms with E-state index in [9.17, 15) is 4.79 Å². The molecule has 4 heteroatoms. The molecule has 0 bridgehead atoms. The number of fused-ring (bicyclic) bond motifs is 1. The van der Waals surface area contributed by atoms with Crippen LogP contribution in [0.1, 0.15) is 16.1 Å². The Morgan fingerprint density at radius 3 is 2.81 bits per heavy atom. The molecule has 0 unspecified atom stereocenters. The number of imidazole rings is 1. The van der Waals surface area contributed by atoms with Gasteiger partial charge >= 0.3 is 0 Å². The first-order chi connectivity index (χ1) is 10.2. The number of nitrogens with one attached hydrogen (secondary N) is 1. The minimum atomic E-state index is -0.0391. The summed E-state index contributed by atoms with van der Waals surface area (Å²) in [5.41, 5.74) is 1.70. The summed E-state index contributed by atoms with van der Waals surface area (Å²) in [4.78, 5) is 16.6. The lowest BCUT2D eigenvalue weighted by Gasteiger charge is -2.07.